The molecule has 4 aromatic rings. The second-order valence-electron chi connectivity index (χ2n) is 6.30. The average Bonchev–Trinajstić information content (AvgIpc) is 3.05. The Morgan fingerprint density at radius 2 is 1.73 bits per heavy atom. The van der Waals surface area contributed by atoms with E-state index in [-0.39, 0.29) is 5.91 Å². The first-order chi connectivity index (χ1) is 12.6. The predicted molar refractivity (Wildman–Crippen MR) is 101 cm³/mol. The van der Waals surface area contributed by atoms with Crippen LogP contribution in [0.15, 0.2) is 42.5 Å². The summed E-state index contributed by atoms with van der Waals surface area (Å²) in [5.41, 5.74) is 5.84. The molecule has 0 radical (unpaired) electrons. The van der Waals surface area contributed by atoms with Gasteiger partial charge in [-0.2, -0.15) is 0 Å². The lowest BCUT2D eigenvalue weighted by Gasteiger charge is -2.06. The number of aryl methyl sites for hydroxylation is 2. The van der Waals surface area contributed by atoms with Gasteiger partial charge in [0.15, 0.2) is 0 Å². The Bertz CT molecular complexity index is 1080. The van der Waals surface area contributed by atoms with Crippen LogP contribution in [0.3, 0.4) is 0 Å². The molecule has 0 aliphatic heterocycles. The van der Waals surface area contributed by atoms with Crippen molar-refractivity contribution in [2.75, 3.05) is 6.54 Å². The largest absolute Gasteiger partial charge is 0.352 e. The number of imidazole rings is 1. The topological polar surface area (TPSA) is 83.6 Å². The number of hydrogen-bond donors (Lipinski definition) is 2. The highest BCUT2D eigenvalue weighted by molar-refractivity contribution is 5.97. The Hall–Kier alpha value is -3.28. The molecular weight excluding hydrogens is 326 g/mol. The number of H-pyrrole nitrogens is 1. The number of nitrogens with one attached hydrogen (secondary N) is 2. The van der Waals surface area contributed by atoms with Crippen LogP contribution in [-0.4, -0.2) is 32.4 Å². The Morgan fingerprint density at radius 3 is 2.54 bits per heavy atom. The van der Waals surface area contributed by atoms with Crippen molar-refractivity contribution >= 4 is 28.0 Å². The van der Waals surface area contributed by atoms with Crippen LogP contribution in [0, 0.1) is 13.8 Å². The van der Waals surface area contributed by atoms with Crippen LogP contribution in [-0.2, 0) is 6.42 Å². The van der Waals surface area contributed by atoms with Gasteiger partial charge in [0.2, 0.25) is 0 Å². The van der Waals surface area contributed by atoms with Crippen molar-refractivity contribution in [1.82, 2.24) is 25.3 Å². The zero-order valence-corrected chi connectivity index (χ0v) is 14.7. The molecule has 2 N–H and O–H groups in total. The second-order valence-corrected chi connectivity index (χ2v) is 6.30. The molecule has 4 rings (SSSR count). The van der Waals surface area contributed by atoms with E-state index in [2.05, 4.69) is 25.3 Å². The van der Waals surface area contributed by atoms with Crippen molar-refractivity contribution in [2.24, 2.45) is 0 Å². The number of aromatic nitrogens is 4. The van der Waals surface area contributed by atoms with E-state index in [9.17, 15) is 4.79 Å². The number of aromatic amines is 1. The van der Waals surface area contributed by atoms with Gasteiger partial charge in [-0.1, -0.05) is 12.1 Å². The fraction of sp³-hybridized carbons (Fsp3) is 0.200. The Balaban J connectivity index is 1.44. The molecule has 6 nitrogen and oxygen atoms in total. The first-order valence-corrected chi connectivity index (χ1v) is 8.57. The van der Waals surface area contributed by atoms with Gasteiger partial charge in [0.1, 0.15) is 5.82 Å². The summed E-state index contributed by atoms with van der Waals surface area (Å²) in [6.45, 7) is 4.36. The molecule has 0 spiro atoms. The van der Waals surface area contributed by atoms with Crippen molar-refractivity contribution in [3.05, 3.63) is 65.2 Å². The first kappa shape index (κ1) is 16.2. The van der Waals surface area contributed by atoms with E-state index in [1.165, 1.54) is 0 Å². The summed E-state index contributed by atoms with van der Waals surface area (Å²) in [7, 11) is 0. The molecule has 1 amide bonds. The SMILES string of the molecule is Cc1nc2ccc(C(=O)NCCc3nc4ccccc4[nH]3)cc2nc1C. The van der Waals surface area contributed by atoms with Gasteiger partial charge in [-0.05, 0) is 44.2 Å². The summed E-state index contributed by atoms with van der Waals surface area (Å²) in [5.74, 6) is 0.741. The third-order valence-corrected chi connectivity index (χ3v) is 4.42. The number of carbonyl (C=O) groups is 1. The molecule has 0 fully saturated rings. The van der Waals surface area contributed by atoms with E-state index in [1.807, 2.05) is 44.2 Å². The van der Waals surface area contributed by atoms with E-state index in [1.54, 1.807) is 12.1 Å². The summed E-state index contributed by atoms with van der Waals surface area (Å²) in [4.78, 5) is 29.2. The number of benzene rings is 2. The maximum atomic E-state index is 12.4. The van der Waals surface area contributed by atoms with Crippen molar-refractivity contribution in [2.45, 2.75) is 20.3 Å². The third kappa shape index (κ3) is 3.13. The van der Waals surface area contributed by atoms with Crippen LogP contribution in [0.2, 0.25) is 0 Å². The molecule has 0 aliphatic carbocycles. The molecule has 2 aromatic heterocycles. The van der Waals surface area contributed by atoms with Crippen molar-refractivity contribution in [3.8, 4) is 0 Å². The summed E-state index contributed by atoms with van der Waals surface area (Å²) in [6.07, 6.45) is 0.645. The smallest absolute Gasteiger partial charge is 0.251 e. The summed E-state index contributed by atoms with van der Waals surface area (Å²) < 4.78 is 0. The van der Waals surface area contributed by atoms with Gasteiger partial charge < -0.3 is 10.3 Å². The van der Waals surface area contributed by atoms with Crippen LogP contribution in [0.25, 0.3) is 22.1 Å². The van der Waals surface area contributed by atoms with Gasteiger partial charge in [-0.25, -0.2) is 15.0 Å². The minimum absolute atomic E-state index is 0.122. The van der Waals surface area contributed by atoms with Crippen LogP contribution >= 0.6 is 0 Å². The lowest BCUT2D eigenvalue weighted by atomic mass is 10.1. The van der Waals surface area contributed by atoms with E-state index in [0.29, 0.717) is 18.5 Å². The van der Waals surface area contributed by atoms with Gasteiger partial charge in [0.05, 0.1) is 33.5 Å². The number of rotatable bonds is 4. The minimum Gasteiger partial charge on any atom is -0.352 e. The predicted octanol–water partition coefficient (Wildman–Crippen LogP) is 3.10. The molecule has 0 aliphatic rings. The number of carbonyl (C=O) groups excluding carboxylic acids is 1. The highest BCUT2D eigenvalue weighted by Crippen LogP contribution is 2.15. The highest BCUT2D eigenvalue weighted by atomic mass is 16.1. The standard InChI is InChI=1S/C20H19N5O/c1-12-13(2)23-18-11-14(7-8-17(18)22-12)20(26)21-10-9-19-24-15-5-3-4-6-16(15)25-19/h3-8,11H,9-10H2,1-2H3,(H,21,26)(H,24,25). The van der Waals surface area contributed by atoms with Crippen molar-refractivity contribution < 1.29 is 4.79 Å². The molecule has 130 valence electrons. The van der Waals surface area contributed by atoms with Crippen LogP contribution in [0.1, 0.15) is 27.6 Å². The van der Waals surface area contributed by atoms with Crippen LogP contribution < -0.4 is 5.32 Å². The summed E-state index contributed by atoms with van der Waals surface area (Å²) in [5, 5.41) is 2.94. The molecule has 0 bridgehead atoms. The number of fused-ring (bicyclic) bond motifs is 2. The molecule has 2 aromatic carbocycles. The Kier molecular flexibility index (Phi) is 4.08. The zero-order chi connectivity index (χ0) is 18.1. The summed E-state index contributed by atoms with van der Waals surface area (Å²) >= 11 is 0. The van der Waals surface area contributed by atoms with Gasteiger partial charge in [0, 0.05) is 18.5 Å². The number of nitrogens with zero attached hydrogens (tertiary/aromatic N) is 3. The fourth-order valence-corrected chi connectivity index (χ4v) is 2.89. The lowest BCUT2D eigenvalue weighted by Crippen LogP contribution is -2.26. The van der Waals surface area contributed by atoms with Crippen molar-refractivity contribution in [1.29, 1.82) is 0 Å². The zero-order valence-electron chi connectivity index (χ0n) is 14.7. The van der Waals surface area contributed by atoms with Gasteiger partial charge in [-0.15, -0.1) is 0 Å². The minimum atomic E-state index is -0.122. The molecular formula is C20H19N5O. The molecule has 0 saturated heterocycles. The lowest BCUT2D eigenvalue weighted by molar-refractivity contribution is 0.0954. The van der Waals surface area contributed by atoms with Gasteiger partial charge in [-0.3, -0.25) is 4.79 Å². The van der Waals surface area contributed by atoms with Gasteiger partial charge in [0.25, 0.3) is 5.91 Å². The summed E-state index contributed by atoms with van der Waals surface area (Å²) in [6, 6.07) is 13.3. The van der Waals surface area contributed by atoms with E-state index >= 15 is 0 Å². The number of para-hydroxylation sites is 2. The molecule has 0 unspecified atom stereocenters. The fourth-order valence-electron chi connectivity index (χ4n) is 2.89. The maximum absolute atomic E-state index is 12.4. The molecule has 0 atom stereocenters. The van der Waals surface area contributed by atoms with Gasteiger partial charge >= 0.3 is 0 Å². The third-order valence-electron chi connectivity index (χ3n) is 4.42. The number of hydrogen-bond acceptors (Lipinski definition) is 4. The maximum Gasteiger partial charge on any atom is 0.251 e. The van der Waals surface area contributed by atoms with E-state index in [4.69, 9.17) is 0 Å². The van der Waals surface area contributed by atoms with Crippen LogP contribution in [0.5, 0.6) is 0 Å². The normalized spacial score (nSPS) is 11.2. The molecule has 6 heteroatoms. The first-order valence-electron chi connectivity index (χ1n) is 8.57. The molecule has 26 heavy (non-hydrogen) atoms. The molecule has 2 heterocycles. The Labute approximate surface area is 150 Å². The quantitative estimate of drug-likeness (QED) is 0.595. The van der Waals surface area contributed by atoms with Crippen LogP contribution in [0.4, 0.5) is 0 Å². The second kappa shape index (κ2) is 6.55. The van der Waals surface area contributed by atoms with E-state index in [0.717, 1.165) is 39.3 Å². The number of amides is 1. The average molecular weight is 345 g/mol. The van der Waals surface area contributed by atoms with Crippen molar-refractivity contribution in [3.63, 3.8) is 0 Å². The van der Waals surface area contributed by atoms with E-state index < -0.39 is 0 Å². The molecule has 0 saturated carbocycles. The Morgan fingerprint density at radius 1 is 0.962 bits per heavy atom. The highest BCUT2D eigenvalue weighted by Gasteiger charge is 2.09. The monoisotopic (exact) mass is 345 g/mol.